The third kappa shape index (κ3) is 2.27. The van der Waals surface area contributed by atoms with Crippen molar-refractivity contribution in [3.05, 3.63) is 47.5 Å². The van der Waals surface area contributed by atoms with Crippen LogP contribution in [0.5, 0.6) is 0 Å². The minimum absolute atomic E-state index is 0.150. The molecule has 1 saturated carbocycles. The Bertz CT molecular complexity index is 486. The first kappa shape index (κ1) is 12.7. The summed E-state index contributed by atoms with van der Waals surface area (Å²) in [4.78, 5) is 12.5. The average molecular weight is 254 g/mol. The maximum atomic E-state index is 12.5. The lowest BCUT2D eigenvalue weighted by atomic mass is 9.80. The average Bonchev–Trinajstić information content (AvgIpc) is 2.63. The number of benzene rings is 1. The summed E-state index contributed by atoms with van der Waals surface area (Å²) < 4.78 is 0. The smallest absolute Gasteiger partial charge is 0.162 e. The van der Waals surface area contributed by atoms with Gasteiger partial charge in [0.1, 0.15) is 0 Å². The minimum atomic E-state index is 0.150. The molecule has 0 N–H and O–H groups in total. The number of Topliss-reactive ketones (excluding diaryl/α,β-unsaturated/α-hetero) is 1. The molecule has 1 aromatic carbocycles. The van der Waals surface area contributed by atoms with Crippen molar-refractivity contribution in [2.24, 2.45) is 11.8 Å². The number of ketones is 1. The fourth-order valence-corrected chi connectivity index (χ4v) is 3.88. The van der Waals surface area contributed by atoms with Gasteiger partial charge in [0.25, 0.3) is 0 Å². The quantitative estimate of drug-likeness (QED) is 0.721. The van der Waals surface area contributed by atoms with Crippen LogP contribution < -0.4 is 0 Å². The number of hydrogen-bond donors (Lipinski definition) is 0. The lowest BCUT2D eigenvalue weighted by Crippen LogP contribution is -2.13. The van der Waals surface area contributed by atoms with Gasteiger partial charge in [0.05, 0.1) is 0 Å². The standard InChI is InChI=1S/C18H22O/c1-13-17(14-9-5-4-6-10-14)15-11-7-2-3-8-12-16(15)18(13)19/h4-6,9-10,12-13,15,17H,2-3,7-8,11H2,1H3/b16-12+/t13-,15?,17+/m1/s1. The van der Waals surface area contributed by atoms with Gasteiger partial charge in [0, 0.05) is 11.8 Å². The third-order valence-electron chi connectivity index (χ3n) is 4.84. The summed E-state index contributed by atoms with van der Waals surface area (Å²) in [6.07, 6.45) is 8.34. The van der Waals surface area contributed by atoms with Crippen molar-refractivity contribution >= 4 is 5.78 Å². The molecule has 1 fully saturated rings. The van der Waals surface area contributed by atoms with Gasteiger partial charge in [-0.1, -0.05) is 56.2 Å². The van der Waals surface area contributed by atoms with Crippen LogP contribution in [0.15, 0.2) is 42.0 Å². The Morgan fingerprint density at radius 1 is 1.05 bits per heavy atom. The molecule has 3 atom stereocenters. The lowest BCUT2D eigenvalue weighted by molar-refractivity contribution is -0.117. The second kappa shape index (κ2) is 5.32. The first-order valence-electron chi connectivity index (χ1n) is 7.58. The summed E-state index contributed by atoms with van der Waals surface area (Å²) in [6, 6.07) is 10.6. The molecule has 100 valence electrons. The van der Waals surface area contributed by atoms with Crippen LogP contribution in [-0.4, -0.2) is 5.78 Å². The van der Waals surface area contributed by atoms with E-state index in [2.05, 4.69) is 43.3 Å². The predicted molar refractivity (Wildman–Crippen MR) is 78.0 cm³/mol. The molecular formula is C18H22O. The van der Waals surface area contributed by atoms with Gasteiger partial charge in [-0.15, -0.1) is 0 Å². The molecule has 0 heterocycles. The number of fused-ring (bicyclic) bond motifs is 1. The Labute approximate surface area is 115 Å². The van der Waals surface area contributed by atoms with Gasteiger partial charge in [-0.3, -0.25) is 4.79 Å². The van der Waals surface area contributed by atoms with E-state index in [9.17, 15) is 4.79 Å². The van der Waals surface area contributed by atoms with Crippen molar-refractivity contribution in [3.63, 3.8) is 0 Å². The molecule has 19 heavy (non-hydrogen) atoms. The molecule has 0 aliphatic heterocycles. The van der Waals surface area contributed by atoms with Crippen LogP contribution in [0.1, 0.15) is 50.5 Å². The van der Waals surface area contributed by atoms with Crippen molar-refractivity contribution in [1.82, 2.24) is 0 Å². The maximum absolute atomic E-state index is 12.5. The van der Waals surface area contributed by atoms with E-state index < -0.39 is 0 Å². The normalized spacial score (nSPS) is 34.1. The minimum Gasteiger partial charge on any atom is -0.294 e. The highest BCUT2D eigenvalue weighted by atomic mass is 16.1. The molecule has 0 aromatic heterocycles. The van der Waals surface area contributed by atoms with E-state index in [0.29, 0.717) is 17.6 Å². The molecule has 2 aliphatic carbocycles. The van der Waals surface area contributed by atoms with E-state index in [1.807, 2.05) is 0 Å². The highest BCUT2D eigenvalue weighted by Crippen LogP contribution is 2.48. The summed E-state index contributed by atoms with van der Waals surface area (Å²) in [6.45, 7) is 2.12. The number of carbonyl (C=O) groups is 1. The Morgan fingerprint density at radius 3 is 2.63 bits per heavy atom. The molecule has 1 nitrogen and oxygen atoms in total. The van der Waals surface area contributed by atoms with E-state index in [4.69, 9.17) is 0 Å². The van der Waals surface area contributed by atoms with Gasteiger partial charge >= 0.3 is 0 Å². The monoisotopic (exact) mass is 254 g/mol. The highest BCUT2D eigenvalue weighted by molar-refractivity contribution is 6.01. The highest BCUT2D eigenvalue weighted by Gasteiger charge is 2.43. The third-order valence-corrected chi connectivity index (χ3v) is 4.84. The Hall–Kier alpha value is -1.37. The summed E-state index contributed by atoms with van der Waals surface area (Å²) >= 11 is 0. The molecule has 1 unspecified atom stereocenters. The van der Waals surface area contributed by atoms with E-state index in [-0.39, 0.29) is 5.92 Å². The number of rotatable bonds is 1. The van der Waals surface area contributed by atoms with Crippen LogP contribution >= 0.6 is 0 Å². The SMILES string of the molecule is C[C@H]1C(=O)/C2=C/CCCCCC2[C@@H]1c1ccccc1. The zero-order valence-electron chi connectivity index (χ0n) is 11.6. The molecular weight excluding hydrogens is 232 g/mol. The Balaban J connectivity index is 1.99. The Morgan fingerprint density at radius 2 is 1.84 bits per heavy atom. The molecule has 2 aliphatic rings. The van der Waals surface area contributed by atoms with Gasteiger partial charge in [-0.2, -0.15) is 0 Å². The molecule has 0 spiro atoms. The van der Waals surface area contributed by atoms with Crippen LogP contribution in [0, 0.1) is 11.8 Å². The Kier molecular flexibility index (Phi) is 3.54. The predicted octanol–water partition coefficient (Wildman–Crippen LogP) is 4.50. The zero-order valence-corrected chi connectivity index (χ0v) is 11.6. The molecule has 0 saturated heterocycles. The number of carbonyl (C=O) groups excluding carboxylic acids is 1. The first-order chi connectivity index (χ1) is 9.29. The van der Waals surface area contributed by atoms with Gasteiger partial charge < -0.3 is 0 Å². The fraction of sp³-hybridized carbons (Fsp3) is 0.500. The van der Waals surface area contributed by atoms with E-state index in [1.54, 1.807) is 0 Å². The van der Waals surface area contributed by atoms with Crippen LogP contribution in [0.3, 0.4) is 0 Å². The lowest BCUT2D eigenvalue weighted by Gasteiger charge is -2.23. The van der Waals surface area contributed by atoms with Crippen molar-refractivity contribution in [2.75, 3.05) is 0 Å². The molecule has 1 aromatic rings. The van der Waals surface area contributed by atoms with E-state index in [1.165, 1.54) is 31.2 Å². The van der Waals surface area contributed by atoms with Crippen LogP contribution in [-0.2, 0) is 4.79 Å². The summed E-state index contributed by atoms with van der Waals surface area (Å²) in [5.41, 5.74) is 2.48. The largest absolute Gasteiger partial charge is 0.294 e. The number of hydrogen-bond acceptors (Lipinski definition) is 1. The van der Waals surface area contributed by atoms with E-state index >= 15 is 0 Å². The van der Waals surface area contributed by atoms with Gasteiger partial charge in [-0.05, 0) is 36.3 Å². The van der Waals surface area contributed by atoms with Crippen molar-refractivity contribution < 1.29 is 4.79 Å². The molecule has 1 heteroatoms. The van der Waals surface area contributed by atoms with Crippen molar-refractivity contribution in [3.8, 4) is 0 Å². The van der Waals surface area contributed by atoms with Crippen molar-refractivity contribution in [2.45, 2.75) is 44.9 Å². The van der Waals surface area contributed by atoms with E-state index in [0.717, 1.165) is 12.0 Å². The topological polar surface area (TPSA) is 17.1 Å². The maximum Gasteiger partial charge on any atom is 0.162 e. The first-order valence-corrected chi connectivity index (χ1v) is 7.58. The summed E-state index contributed by atoms with van der Waals surface area (Å²) in [7, 11) is 0. The van der Waals surface area contributed by atoms with Crippen LogP contribution in [0.25, 0.3) is 0 Å². The van der Waals surface area contributed by atoms with Crippen molar-refractivity contribution in [1.29, 1.82) is 0 Å². The van der Waals surface area contributed by atoms with Gasteiger partial charge in [0.2, 0.25) is 0 Å². The second-order valence-electron chi connectivity index (χ2n) is 5.99. The molecule has 0 bridgehead atoms. The van der Waals surface area contributed by atoms with Gasteiger partial charge in [-0.25, -0.2) is 0 Å². The zero-order chi connectivity index (χ0) is 13.2. The molecule has 0 amide bonds. The van der Waals surface area contributed by atoms with Crippen LogP contribution in [0.4, 0.5) is 0 Å². The molecule has 0 radical (unpaired) electrons. The van der Waals surface area contributed by atoms with Crippen LogP contribution in [0.2, 0.25) is 0 Å². The summed E-state index contributed by atoms with van der Waals surface area (Å²) in [5, 5.41) is 0. The fourth-order valence-electron chi connectivity index (χ4n) is 3.88. The summed E-state index contributed by atoms with van der Waals surface area (Å²) in [5.74, 6) is 1.42. The molecule has 3 rings (SSSR count). The second-order valence-corrected chi connectivity index (χ2v) is 5.99. The van der Waals surface area contributed by atoms with Gasteiger partial charge in [0.15, 0.2) is 5.78 Å². The number of allylic oxidation sites excluding steroid dienone is 2.